The van der Waals surface area contributed by atoms with Gasteiger partial charge in [0.15, 0.2) is 5.65 Å². The van der Waals surface area contributed by atoms with Gasteiger partial charge in [-0.2, -0.15) is 0 Å². The second-order valence-electron chi connectivity index (χ2n) is 7.66. The van der Waals surface area contributed by atoms with Gasteiger partial charge in [-0.05, 0) is 37.1 Å². The van der Waals surface area contributed by atoms with Gasteiger partial charge in [-0.3, -0.25) is 0 Å². The molecule has 0 unspecified atom stereocenters. The van der Waals surface area contributed by atoms with Crippen LogP contribution in [0.5, 0.6) is 0 Å². The molecule has 6 rings (SSSR count). The molecule has 0 bridgehead atoms. The van der Waals surface area contributed by atoms with Crippen LogP contribution in [0.25, 0.3) is 27.7 Å². The van der Waals surface area contributed by atoms with Gasteiger partial charge in [0.1, 0.15) is 0 Å². The average Bonchev–Trinajstić information content (AvgIpc) is 3.05. The van der Waals surface area contributed by atoms with E-state index in [2.05, 4.69) is 37.5 Å². The summed E-state index contributed by atoms with van der Waals surface area (Å²) in [4.78, 5) is 13.3. The van der Waals surface area contributed by atoms with E-state index >= 15 is 0 Å². The molecule has 1 aliphatic heterocycles. The van der Waals surface area contributed by atoms with Crippen molar-refractivity contribution < 1.29 is 4.74 Å². The van der Waals surface area contributed by atoms with E-state index in [9.17, 15) is 0 Å². The Morgan fingerprint density at radius 1 is 1.11 bits per heavy atom. The van der Waals surface area contributed by atoms with E-state index in [-0.39, 0.29) is 0 Å². The van der Waals surface area contributed by atoms with Crippen LogP contribution >= 0.6 is 0 Å². The highest BCUT2D eigenvalue weighted by molar-refractivity contribution is 5.86. The van der Waals surface area contributed by atoms with Crippen molar-refractivity contribution in [2.75, 3.05) is 18.5 Å². The number of nitrogens with zero attached hydrogens (tertiary/aromatic N) is 5. The maximum Gasteiger partial charge on any atom is 0.241 e. The Hall–Kier alpha value is -3.06. The molecule has 2 aliphatic rings. The number of rotatable bonds is 3. The van der Waals surface area contributed by atoms with Crippen LogP contribution in [0.4, 0.5) is 5.95 Å². The van der Waals surface area contributed by atoms with Crippen molar-refractivity contribution in [3.8, 4) is 11.1 Å². The number of aromatic nitrogens is 5. The Balaban J connectivity index is 1.29. The first-order valence-electron chi connectivity index (χ1n) is 9.18. The van der Waals surface area contributed by atoms with Gasteiger partial charge >= 0.3 is 0 Å². The Labute approximate surface area is 155 Å². The van der Waals surface area contributed by atoms with Gasteiger partial charge < -0.3 is 10.1 Å². The normalized spacial score (nSPS) is 18.5. The van der Waals surface area contributed by atoms with Crippen molar-refractivity contribution in [3.63, 3.8) is 0 Å². The summed E-state index contributed by atoms with van der Waals surface area (Å²) in [6, 6.07) is 8.54. The zero-order chi connectivity index (χ0) is 17.8. The lowest BCUT2D eigenvalue weighted by Crippen LogP contribution is -2.56. The minimum Gasteiger partial charge on any atom is -0.380 e. The first-order valence-corrected chi connectivity index (χ1v) is 9.18. The Morgan fingerprint density at radius 2 is 2.04 bits per heavy atom. The minimum absolute atomic E-state index is 0.431. The summed E-state index contributed by atoms with van der Waals surface area (Å²) < 4.78 is 7.21. The maximum absolute atomic E-state index is 5.34. The predicted octanol–water partition coefficient (Wildman–Crippen LogP) is 2.93. The molecule has 7 nitrogen and oxygen atoms in total. The fourth-order valence-electron chi connectivity index (χ4n) is 4.22. The van der Waals surface area contributed by atoms with Gasteiger partial charge in [-0.15, -0.1) is 5.10 Å². The molecule has 4 aromatic heterocycles. The van der Waals surface area contributed by atoms with Crippen LogP contribution in [0.2, 0.25) is 0 Å². The molecule has 4 aromatic rings. The van der Waals surface area contributed by atoms with E-state index in [0.29, 0.717) is 17.4 Å². The number of hydrogen-bond donors (Lipinski definition) is 1. The monoisotopic (exact) mass is 358 g/mol. The summed E-state index contributed by atoms with van der Waals surface area (Å²) in [7, 11) is 0. The Bertz CT molecular complexity index is 1160. The molecule has 0 atom stereocenters. The van der Waals surface area contributed by atoms with Crippen LogP contribution in [0.3, 0.4) is 0 Å². The van der Waals surface area contributed by atoms with Crippen molar-refractivity contribution in [1.29, 1.82) is 0 Å². The van der Waals surface area contributed by atoms with E-state index in [1.54, 1.807) is 6.20 Å². The summed E-state index contributed by atoms with van der Waals surface area (Å²) in [6.07, 6.45) is 9.73. The molecule has 1 spiro atoms. The number of ether oxygens (including phenoxy) is 1. The summed E-state index contributed by atoms with van der Waals surface area (Å²) >= 11 is 0. The molecule has 5 heterocycles. The second-order valence-corrected chi connectivity index (χ2v) is 7.66. The zero-order valence-corrected chi connectivity index (χ0v) is 14.7. The lowest BCUT2D eigenvalue weighted by molar-refractivity contribution is -0.160. The van der Waals surface area contributed by atoms with Crippen LogP contribution in [0, 0.1) is 5.41 Å². The van der Waals surface area contributed by atoms with Crippen molar-refractivity contribution in [3.05, 3.63) is 49.1 Å². The lowest BCUT2D eigenvalue weighted by Gasteiger charge is -2.53. The quantitative estimate of drug-likeness (QED) is 0.607. The number of fused-ring (bicyclic) bond motifs is 2. The molecule has 134 valence electrons. The van der Waals surface area contributed by atoms with E-state index in [0.717, 1.165) is 53.7 Å². The molecule has 1 saturated heterocycles. The second kappa shape index (κ2) is 5.47. The van der Waals surface area contributed by atoms with Gasteiger partial charge in [0.05, 0.1) is 24.9 Å². The van der Waals surface area contributed by atoms with E-state index < -0.39 is 0 Å². The first kappa shape index (κ1) is 15.0. The Kier molecular flexibility index (Phi) is 3.05. The third-order valence-electron chi connectivity index (χ3n) is 5.69. The molecule has 7 heteroatoms. The Morgan fingerprint density at radius 3 is 2.89 bits per heavy atom. The van der Waals surface area contributed by atoms with E-state index in [4.69, 9.17) is 4.74 Å². The zero-order valence-electron chi connectivity index (χ0n) is 14.7. The van der Waals surface area contributed by atoms with Crippen molar-refractivity contribution in [2.45, 2.75) is 18.9 Å². The fraction of sp³-hybridized carbons (Fsp3) is 0.300. The van der Waals surface area contributed by atoms with Crippen LogP contribution in [0.15, 0.2) is 49.1 Å². The summed E-state index contributed by atoms with van der Waals surface area (Å²) in [6.45, 7) is 1.81. The molecule has 1 saturated carbocycles. The minimum atomic E-state index is 0.431. The topological polar surface area (TPSA) is 77.2 Å². The molecule has 27 heavy (non-hydrogen) atoms. The largest absolute Gasteiger partial charge is 0.380 e. The maximum atomic E-state index is 5.34. The van der Waals surface area contributed by atoms with Gasteiger partial charge in [0.2, 0.25) is 5.95 Å². The van der Waals surface area contributed by atoms with Gasteiger partial charge in [0.25, 0.3) is 0 Å². The molecule has 1 aliphatic carbocycles. The van der Waals surface area contributed by atoms with E-state index in [1.807, 2.05) is 35.2 Å². The van der Waals surface area contributed by atoms with Gasteiger partial charge in [-0.1, -0.05) is 0 Å². The van der Waals surface area contributed by atoms with Gasteiger partial charge in [-0.25, -0.2) is 19.5 Å². The van der Waals surface area contributed by atoms with Crippen molar-refractivity contribution >= 4 is 22.5 Å². The summed E-state index contributed by atoms with van der Waals surface area (Å²) in [5, 5.41) is 9.10. The molecule has 2 fully saturated rings. The highest BCUT2D eigenvalue weighted by atomic mass is 16.5. The summed E-state index contributed by atoms with van der Waals surface area (Å²) in [5.74, 6) is 0.672. The molecule has 0 amide bonds. The summed E-state index contributed by atoms with van der Waals surface area (Å²) in [5.41, 5.74) is 4.24. The van der Waals surface area contributed by atoms with Crippen LogP contribution in [0.1, 0.15) is 12.8 Å². The standard InChI is InChI=1S/C20H18N6O/c1-2-13-6-14(9-22-18(13)21-4-1)16-3-5-26-17(16)10-23-19(25-26)24-15-7-20(8-15)11-27-12-20/h1-6,9-10,15H,7-8,11-12H2,(H,24,25). The average molecular weight is 358 g/mol. The number of nitrogens with one attached hydrogen (secondary N) is 1. The third-order valence-corrected chi connectivity index (χ3v) is 5.69. The lowest BCUT2D eigenvalue weighted by atomic mass is 9.64. The molecular weight excluding hydrogens is 340 g/mol. The highest BCUT2D eigenvalue weighted by Crippen LogP contribution is 2.47. The van der Waals surface area contributed by atoms with E-state index in [1.165, 1.54) is 0 Å². The highest BCUT2D eigenvalue weighted by Gasteiger charge is 2.49. The molecular formula is C20H18N6O. The van der Waals surface area contributed by atoms with Crippen LogP contribution in [-0.4, -0.2) is 43.8 Å². The molecule has 0 aromatic carbocycles. The molecule has 0 radical (unpaired) electrons. The SMILES string of the molecule is c1cnc2ncc(-c3ccn4nc(NC5CC6(COC6)C5)ncc34)cc2c1. The van der Waals surface area contributed by atoms with Gasteiger partial charge in [0, 0.05) is 46.6 Å². The molecule has 1 N–H and O–H groups in total. The smallest absolute Gasteiger partial charge is 0.241 e. The number of hydrogen-bond acceptors (Lipinski definition) is 6. The fourth-order valence-corrected chi connectivity index (χ4v) is 4.22. The third kappa shape index (κ3) is 2.39. The van der Waals surface area contributed by atoms with Crippen LogP contribution in [-0.2, 0) is 4.74 Å². The first-order chi connectivity index (χ1) is 13.3. The number of anilines is 1. The van der Waals surface area contributed by atoms with Crippen molar-refractivity contribution in [2.24, 2.45) is 5.41 Å². The number of pyridine rings is 2. The predicted molar refractivity (Wildman–Crippen MR) is 101 cm³/mol. The van der Waals surface area contributed by atoms with Crippen LogP contribution < -0.4 is 5.32 Å². The van der Waals surface area contributed by atoms with Crippen molar-refractivity contribution in [1.82, 2.24) is 24.6 Å².